The molecule has 1 atom stereocenters. The predicted octanol–water partition coefficient (Wildman–Crippen LogP) is 2.32. The lowest BCUT2D eigenvalue weighted by Gasteiger charge is -2.28. The molecule has 2 saturated heterocycles. The third-order valence-electron chi connectivity index (χ3n) is 5.14. The number of aryl methyl sites for hydroxylation is 1. The molecular weight excluding hydrogens is 441 g/mol. The van der Waals surface area contributed by atoms with Crippen LogP contribution >= 0.6 is 11.3 Å². The van der Waals surface area contributed by atoms with Gasteiger partial charge in [0.2, 0.25) is 0 Å². The SMILES string of the molecule is COc1cc(N2CCOCC2=O)c(F)cc1N1CC(CNC(=O)c2ccc(C)s2)OC1=O. The normalized spacial score (nSPS) is 18.7. The summed E-state index contributed by atoms with van der Waals surface area (Å²) < 4.78 is 30.7. The van der Waals surface area contributed by atoms with E-state index in [4.69, 9.17) is 14.2 Å². The molecule has 2 aliphatic rings. The molecule has 0 spiro atoms. The summed E-state index contributed by atoms with van der Waals surface area (Å²) in [6.07, 6.45) is -1.29. The van der Waals surface area contributed by atoms with Gasteiger partial charge in [-0.15, -0.1) is 11.3 Å². The fourth-order valence-corrected chi connectivity index (χ4v) is 4.34. The molecule has 32 heavy (non-hydrogen) atoms. The Morgan fingerprint density at radius 3 is 2.78 bits per heavy atom. The second kappa shape index (κ2) is 9.13. The van der Waals surface area contributed by atoms with Gasteiger partial charge >= 0.3 is 6.09 Å². The van der Waals surface area contributed by atoms with Gasteiger partial charge in [-0.1, -0.05) is 0 Å². The minimum Gasteiger partial charge on any atom is -0.494 e. The number of amides is 3. The molecule has 3 heterocycles. The molecule has 0 aliphatic carbocycles. The van der Waals surface area contributed by atoms with Crippen molar-refractivity contribution in [3.63, 3.8) is 0 Å². The van der Waals surface area contributed by atoms with Gasteiger partial charge in [-0.2, -0.15) is 0 Å². The molecule has 170 valence electrons. The van der Waals surface area contributed by atoms with Crippen molar-refractivity contribution in [1.29, 1.82) is 0 Å². The lowest BCUT2D eigenvalue weighted by Crippen LogP contribution is -2.42. The summed E-state index contributed by atoms with van der Waals surface area (Å²) in [7, 11) is 1.39. The van der Waals surface area contributed by atoms with E-state index in [0.29, 0.717) is 11.5 Å². The quantitative estimate of drug-likeness (QED) is 0.706. The Kier molecular flexibility index (Phi) is 6.28. The Morgan fingerprint density at radius 2 is 2.09 bits per heavy atom. The molecule has 0 radical (unpaired) electrons. The number of methoxy groups -OCH3 is 1. The maximum absolute atomic E-state index is 14.9. The van der Waals surface area contributed by atoms with E-state index in [9.17, 15) is 18.8 Å². The Balaban J connectivity index is 1.48. The molecular formula is C21H22FN3O6S. The highest BCUT2D eigenvalue weighted by atomic mass is 32.1. The molecule has 1 aromatic carbocycles. The summed E-state index contributed by atoms with van der Waals surface area (Å²) in [6, 6.07) is 6.12. The van der Waals surface area contributed by atoms with Crippen LogP contribution in [0, 0.1) is 12.7 Å². The standard InChI is InChI=1S/C21H22FN3O6S/c1-12-3-4-18(32-12)20(27)23-9-13-10-25(21(28)31-13)16-7-14(22)15(8-17(16)29-2)24-5-6-30-11-19(24)26/h3-4,7-8,13H,5-6,9-11H2,1-2H3,(H,23,27). The number of anilines is 2. The maximum atomic E-state index is 14.9. The Hall–Kier alpha value is -3.18. The topological polar surface area (TPSA) is 97.4 Å². The summed E-state index contributed by atoms with van der Waals surface area (Å²) in [5.74, 6) is -1.06. The zero-order valence-electron chi connectivity index (χ0n) is 17.6. The molecule has 11 heteroatoms. The summed E-state index contributed by atoms with van der Waals surface area (Å²) in [4.78, 5) is 40.9. The molecule has 4 rings (SSSR count). The number of carbonyl (C=O) groups excluding carboxylic acids is 3. The monoisotopic (exact) mass is 463 g/mol. The van der Waals surface area contributed by atoms with Gasteiger partial charge in [0.25, 0.3) is 11.8 Å². The van der Waals surface area contributed by atoms with Crippen LogP contribution in [-0.2, 0) is 14.3 Å². The summed E-state index contributed by atoms with van der Waals surface area (Å²) in [6.45, 7) is 2.52. The van der Waals surface area contributed by atoms with E-state index in [1.54, 1.807) is 6.07 Å². The molecule has 1 N–H and O–H groups in total. The van der Waals surface area contributed by atoms with E-state index >= 15 is 0 Å². The van der Waals surface area contributed by atoms with Crippen LogP contribution in [0.15, 0.2) is 24.3 Å². The number of thiophene rings is 1. The number of cyclic esters (lactones) is 1. The molecule has 2 aliphatic heterocycles. The molecule has 9 nitrogen and oxygen atoms in total. The molecule has 2 aromatic rings. The molecule has 1 unspecified atom stereocenters. The van der Waals surface area contributed by atoms with Crippen LogP contribution in [0.3, 0.4) is 0 Å². The van der Waals surface area contributed by atoms with Crippen molar-refractivity contribution < 1.29 is 33.0 Å². The zero-order chi connectivity index (χ0) is 22.8. The second-order valence-electron chi connectivity index (χ2n) is 7.31. The van der Waals surface area contributed by atoms with Gasteiger partial charge in [0.1, 0.15) is 24.3 Å². The minimum atomic E-state index is -0.677. The highest BCUT2D eigenvalue weighted by Crippen LogP contribution is 2.37. The number of hydrogen-bond acceptors (Lipinski definition) is 7. The average molecular weight is 463 g/mol. The molecule has 2 fully saturated rings. The highest BCUT2D eigenvalue weighted by Gasteiger charge is 2.35. The smallest absolute Gasteiger partial charge is 0.414 e. The number of benzene rings is 1. The second-order valence-corrected chi connectivity index (χ2v) is 8.60. The van der Waals surface area contributed by atoms with Crippen molar-refractivity contribution in [3.05, 3.63) is 39.8 Å². The molecule has 0 saturated carbocycles. The lowest BCUT2D eigenvalue weighted by molar-refractivity contribution is -0.125. The van der Waals surface area contributed by atoms with Crippen LogP contribution in [0.2, 0.25) is 0 Å². The zero-order valence-corrected chi connectivity index (χ0v) is 18.4. The third-order valence-corrected chi connectivity index (χ3v) is 6.14. The van der Waals surface area contributed by atoms with Crippen molar-refractivity contribution in [2.45, 2.75) is 13.0 Å². The van der Waals surface area contributed by atoms with Crippen LogP contribution in [0.25, 0.3) is 0 Å². The fraction of sp³-hybridized carbons (Fsp3) is 0.381. The number of nitrogens with one attached hydrogen (secondary N) is 1. The maximum Gasteiger partial charge on any atom is 0.414 e. The minimum absolute atomic E-state index is 0.0570. The largest absolute Gasteiger partial charge is 0.494 e. The highest BCUT2D eigenvalue weighted by molar-refractivity contribution is 7.13. The number of rotatable bonds is 6. The van der Waals surface area contributed by atoms with Crippen LogP contribution in [0.5, 0.6) is 5.75 Å². The van der Waals surface area contributed by atoms with Gasteiger partial charge in [0.15, 0.2) is 0 Å². The predicted molar refractivity (Wildman–Crippen MR) is 115 cm³/mol. The Morgan fingerprint density at radius 1 is 1.28 bits per heavy atom. The first-order chi connectivity index (χ1) is 15.4. The Bertz CT molecular complexity index is 1060. The summed E-state index contributed by atoms with van der Waals surface area (Å²) >= 11 is 1.37. The number of hydrogen-bond donors (Lipinski definition) is 1. The van der Waals surface area contributed by atoms with Crippen LogP contribution in [0.1, 0.15) is 14.5 Å². The van der Waals surface area contributed by atoms with Crippen molar-refractivity contribution in [1.82, 2.24) is 5.32 Å². The van der Waals surface area contributed by atoms with Crippen LogP contribution < -0.4 is 19.9 Å². The summed E-state index contributed by atoms with van der Waals surface area (Å²) in [5.41, 5.74) is 0.240. The van der Waals surface area contributed by atoms with Crippen molar-refractivity contribution >= 4 is 40.6 Å². The van der Waals surface area contributed by atoms with Gasteiger partial charge in [-0.3, -0.25) is 14.5 Å². The van der Waals surface area contributed by atoms with Gasteiger partial charge < -0.3 is 24.4 Å². The van der Waals surface area contributed by atoms with E-state index in [2.05, 4.69) is 5.32 Å². The van der Waals surface area contributed by atoms with E-state index in [0.717, 1.165) is 10.9 Å². The third kappa shape index (κ3) is 4.39. The number of ether oxygens (including phenoxy) is 3. The van der Waals surface area contributed by atoms with Gasteiger partial charge in [0.05, 0.1) is 43.1 Å². The van der Waals surface area contributed by atoms with Crippen molar-refractivity contribution in [3.8, 4) is 5.75 Å². The van der Waals surface area contributed by atoms with Gasteiger partial charge in [-0.05, 0) is 19.1 Å². The molecule has 0 bridgehead atoms. The van der Waals surface area contributed by atoms with E-state index in [-0.39, 0.29) is 55.2 Å². The number of nitrogens with zero attached hydrogens (tertiary/aromatic N) is 2. The van der Waals surface area contributed by atoms with Crippen LogP contribution in [-0.4, -0.2) is 64.0 Å². The summed E-state index contributed by atoms with van der Waals surface area (Å²) in [5, 5.41) is 2.75. The van der Waals surface area contributed by atoms with Gasteiger partial charge in [-0.25, -0.2) is 9.18 Å². The fourth-order valence-electron chi connectivity index (χ4n) is 3.56. The number of carbonyl (C=O) groups is 3. The lowest BCUT2D eigenvalue weighted by atomic mass is 10.2. The number of morpholine rings is 1. The van der Waals surface area contributed by atoms with Crippen molar-refractivity contribution in [2.24, 2.45) is 0 Å². The first-order valence-electron chi connectivity index (χ1n) is 9.96. The molecule has 3 amide bonds. The first-order valence-corrected chi connectivity index (χ1v) is 10.8. The first kappa shape index (κ1) is 22.0. The van der Waals surface area contributed by atoms with E-state index in [1.165, 1.54) is 34.3 Å². The van der Waals surface area contributed by atoms with Crippen molar-refractivity contribution in [2.75, 3.05) is 49.8 Å². The molecule has 1 aromatic heterocycles. The van der Waals surface area contributed by atoms with Crippen LogP contribution in [0.4, 0.5) is 20.6 Å². The van der Waals surface area contributed by atoms with E-state index in [1.807, 2.05) is 13.0 Å². The Labute approximate surface area is 187 Å². The van der Waals surface area contributed by atoms with E-state index < -0.39 is 18.0 Å². The van der Waals surface area contributed by atoms with Gasteiger partial charge in [0, 0.05) is 23.6 Å². The number of halogens is 1. The average Bonchev–Trinajstić information content (AvgIpc) is 3.38.